The molecule has 5 heteroatoms. The summed E-state index contributed by atoms with van der Waals surface area (Å²) in [5.74, 6) is 0.819. The SMILES string of the molecule is COc1ccc(CNc2cccc(F)c2C#N)c(OC)c1. The van der Waals surface area contributed by atoms with Crippen LogP contribution in [-0.2, 0) is 6.54 Å². The highest BCUT2D eigenvalue weighted by Gasteiger charge is 2.09. The average molecular weight is 286 g/mol. The van der Waals surface area contributed by atoms with E-state index in [4.69, 9.17) is 14.7 Å². The molecule has 2 aromatic rings. The second-order valence-corrected chi connectivity index (χ2v) is 4.31. The predicted octanol–water partition coefficient (Wildman–Crippen LogP) is 3.33. The van der Waals surface area contributed by atoms with E-state index < -0.39 is 5.82 Å². The van der Waals surface area contributed by atoms with Gasteiger partial charge in [0, 0.05) is 18.2 Å². The molecular formula is C16H15FN2O2. The third kappa shape index (κ3) is 3.23. The first-order chi connectivity index (χ1) is 10.2. The van der Waals surface area contributed by atoms with Crippen LogP contribution in [0.3, 0.4) is 0 Å². The number of benzene rings is 2. The molecule has 0 aliphatic rings. The monoisotopic (exact) mass is 286 g/mol. The Morgan fingerprint density at radius 2 is 2.00 bits per heavy atom. The van der Waals surface area contributed by atoms with Gasteiger partial charge >= 0.3 is 0 Å². The average Bonchev–Trinajstić information content (AvgIpc) is 2.52. The van der Waals surface area contributed by atoms with Gasteiger partial charge in [-0.2, -0.15) is 5.26 Å². The van der Waals surface area contributed by atoms with Crippen LogP contribution in [-0.4, -0.2) is 14.2 Å². The van der Waals surface area contributed by atoms with Crippen molar-refractivity contribution in [2.75, 3.05) is 19.5 Å². The van der Waals surface area contributed by atoms with Gasteiger partial charge in [-0.1, -0.05) is 6.07 Å². The smallest absolute Gasteiger partial charge is 0.143 e. The number of hydrogen-bond donors (Lipinski definition) is 1. The summed E-state index contributed by atoms with van der Waals surface area (Å²) in [5.41, 5.74) is 1.34. The van der Waals surface area contributed by atoms with E-state index >= 15 is 0 Å². The summed E-state index contributed by atoms with van der Waals surface area (Å²) in [4.78, 5) is 0. The number of anilines is 1. The van der Waals surface area contributed by atoms with E-state index in [-0.39, 0.29) is 5.56 Å². The zero-order chi connectivity index (χ0) is 15.2. The lowest BCUT2D eigenvalue weighted by atomic mass is 10.1. The number of ether oxygens (including phenoxy) is 2. The molecule has 2 aromatic carbocycles. The minimum Gasteiger partial charge on any atom is -0.497 e. The Hall–Kier alpha value is -2.74. The van der Waals surface area contributed by atoms with Gasteiger partial charge < -0.3 is 14.8 Å². The molecule has 108 valence electrons. The van der Waals surface area contributed by atoms with Crippen molar-refractivity contribution < 1.29 is 13.9 Å². The lowest BCUT2D eigenvalue weighted by Gasteiger charge is -2.13. The number of nitriles is 1. The molecule has 0 saturated heterocycles. The van der Waals surface area contributed by atoms with Gasteiger partial charge in [-0.3, -0.25) is 0 Å². The van der Waals surface area contributed by atoms with Crippen molar-refractivity contribution in [1.29, 1.82) is 5.26 Å². The summed E-state index contributed by atoms with van der Waals surface area (Å²) in [7, 11) is 3.15. The molecule has 1 N–H and O–H groups in total. The second-order valence-electron chi connectivity index (χ2n) is 4.31. The van der Waals surface area contributed by atoms with Crippen molar-refractivity contribution >= 4 is 5.69 Å². The van der Waals surface area contributed by atoms with Crippen molar-refractivity contribution in [3.63, 3.8) is 0 Å². The Bertz CT molecular complexity index is 680. The maximum Gasteiger partial charge on any atom is 0.143 e. The van der Waals surface area contributed by atoms with Crippen molar-refractivity contribution in [2.45, 2.75) is 6.54 Å². The highest BCUT2D eigenvalue weighted by atomic mass is 19.1. The first kappa shape index (κ1) is 14.7. The fraction of sp³-hybridized carbons (Fsp3) is 0.188. The molecule has 0 saturated carbocycles. The molecule has 0 spiro atoms. The van der Waals surface area contributed by atoms with Crippen LogP contribution in [0.25, 0.3) is 0 Å². The maximum atomic E-state index is 13.5. The van der Waals surface area contributed by atoms with Gasteiger partial charge in [0.1, 0.15) is 28.9 Å². The third-order valence-electron chi connectivity index (χ3n) is 3.09. The zero-order valence-electron chi connectivity index (χ0n) is 11.8. The highest BCUT2D eigenvalue weighted by molar-refractivity contribution is 5.58. The lowest BCUT2D eigenvalue weighted by Crippen LogP contribution is -2.04. The van der Waals surface area contributed by atoms with Gasteiger partial charge in [-0.15, -0.1) is 0 Å². The molecule has 0 fully saturated rings. The minimum absolute atomic E-state index is 0.00461. The molecule has 0 bridgehead atoms. The molecule has 2 rings (SSSR count). The van der Waals surface area contributed by atoms with Crippen molar-refractivity contribution in [3.8, 4) is 17.6 Å². The topological polar surface area (TPSA) is 54.3 Å². The first-order valence-electron chi connectivity index (χ1n) is 6.33. The van der Waals surface area contributed by atoms with Gasteiger partial charge in [0.15, 0.2) is 0 Å². The van der Waals surface area contributed by atoms with Crippen LogP contribution in [0.5, 0.6) is 11.5 Å². The van der Waals surface area contributed by atoms with Crippen LogP contribution in [0.15, 0.2) is 36.4 Å². The van der Waals surface area contributed by atoms with Crippen LogP contribution in [0.2, 0.25) is 0 Å². The highest BCUT2D eigenvalue weighted by Crippen LogP contribution is 2.26. The van der Waals surface area contributed by atoms with Crippen molar-refractivity contribution in [3.05, 3.63) is 53.3 Å². The van der Waals surface area contributed by atoms with Gasteiger partial charge in [-0.25, -0.2) is 4.39 Å². The molecule has 0 radical (unpaired) electrons. The minimum atomic E-state index is -0.538. The normalized spacial score (nSPS) is 9.81. The van der Waals surface area contributed by atoms with E-state index in [1.807, 2.05) is 18.2 Å². The molecule has 21 heavy (non-hydrogen) atoms. The molecule has 4 nitrogen and oxygen atoms in total. The van der Waals surface area contributed by atoms with Gasteiger partial charge in [0.25, 0.3) is 0 Å². The Balaban J connectivity index is 2.21. The number of methoxy groups -OCH3 is 2. The standard InChI is InChI=1S/C16H15FN2O2/c1-20-12-7-6-11(16(8-12)21-2)10-19-15-5-3-4-14(17)13(15)9-18/h3-8,19H,10H2,1-2H3. The molecule has 0 aromatic heterocycles. The van der Waals surface area contributed by atoms with E-state index in [9.17, 15) is 4.39 Å². The van der Waals surface area contributed by atoms with Crippen LogP contribution in [0, 0.1) is 17.1 Å². The van der Waals surface area contributed by atoms with E-state index in [2.05, 4.69) is 5.32 Å². The summed E-state index contributed by atoms with van der Waals surface area (Å²) in [6.07, 6.45) is 0. The Labute approximate surface area is 122 Å². The Morgan fingerprint density at radius 3 is 2.67 bits per heavy atom. The van der Waals surface area contributed by atoms with Gasteiger partial charge in [0.05, 0.1) is 19.9 Å². The molecule has 0 heterocycles. The lowest BCUT2D eigenvalue weighted by molar-refractivity contribution is 0.391. The van der Waals surface area contributed by atoms with Crippen LogP contribution in [0.4, 0.5) is 10.1 Å². The Morgan fingerprint density at radius 1 is 1.19 bits per heavy atom. The number of rotatable bonds is 5. The third-order valence-corrected chi connectivity index (χ3v) is 3.09. The quantitative estimate of drug-likeness (QED) is 0.916. The molecule has 0 unspecified atom stereocenters. The summed E-state index contributed by atoms with van der Waals surface area (Å²) < 4.78 is 23.9. The fourth-order valence-electron chi connectivity index (χ4n) is 1.97. The number of nitrogens with one attached hydrogen (secondary N) is 1. The largest absolute Gasteiger partial charge is 0.497 e. The van der Waals surface area contributed by atoms with E-state index in [1.54, 1.807) is 32.4 Å². The van der Waals surface area contributed by atoms with E-state index in [0.717, 1.165) is 5.56 Å². The zero-order valence-corrected chi connectivity index (χ0v) is 11.8. The van der Waals surface area contributed by atoms with Crippen molar-refractivity contribution in [1.82, 2.24) is 0 Å². The molecular weight excluding hydrogens is 271 g/mol. The van der Waals surface area contributed by atoms with E-state index in [1.165, 1.54) is 6.07 Å². The Kier molecular flexibility index (Phi) is 4.62. The maximum absolute atomic E-state index is 13.5. The van der Waals surface area contributed by atoms with Crippen LogP contribution < -0.4 is 14.8 Å². The number of halogens is 1. The van der Waals surface area contributed by atoms with Gasteiger partial charge in [0.2, 0.25) is 0 Å². The number of nitrogens with zero attached hydrogens (tertiary/aromatic N) is 1. The van der Waals surface area contributed by atoms with Crippen LogP contribution in [0.1, 0.15) is 11.1 Å². The first-order valence-corrected chi connectivity index (χ1v) is 6.33. The fourth-order valence-corrected chi connectivity index (χ4v) is 1.97. The molecule has 0 amide bonds. The van der Waals surface area contributed by atoms with Crippen molar-refractivity contribution in [2.24, 2.45) is 0 Å². The van der Waals surface area contributed by atoms with Crippen LogP contribution >= 0.6 is 0 Å². The summed E-state index contributed by atoms with van der Waals surface area (Å²) in [6.45, 7) is 0.408. The predicted molar refractivity (Wildman–Crippen MR) is 78.0 cm³/mol. The number of hydrogen-bond acceptors (Lipinski definition) is 4. The second kappa shape index (κ2) is 6.62. The summed E-state index contributed by atoms with van der Waals surface area (Å²) in [5, 5.41) is 12.0. The molecule has 0 aliphatic carbocycles. The van der Waals surface area contributed by atoms with Gasteiger partial charge in [-0.05, 0) is 24.3 Å². The summed E-state index contributed by atoms with van der Waals surface area (Å²) >= 11 is 0. The van der Waals surface area contributed by atoms with E-state index in [0.29, 0.717) is 23.7 Å². The molecule has 0 atom stereocenters. The summed E-state index contributed by atoms with van der Waals surface area (Å²) in [6, 6.07) is 11.8. The molecule has 0 aliphatic heterocycles.